The minimum atomic E-state index is -0.340. The molecule has 0 fully saturated rings. The van der Waals surface area contributed by atoms with E-state index in [4.69, 9.17) is 0 Å². The first-order chi connectivity index (χ1) is 6.22. The summed E-state index contributed by atoms with van der Waals surface area (Å²) < 4.78 is 13.7. The molecule has 0 aliphatic carbocycles. The molecule has 0 unspecified atom stereocenters. The van der Waals surface area contributed by atoms with Crippen LogP contribution in [0, 0.1) is 5.82 Å². The lowest BCUT2D eigenvalue weighted by atomic mass is 10.3. The van der Waals surface area contributed by atoms with Gasteiger partial charge in [0.25, 0.3) is 0 Å². The Labute approximate surface area is 74.4 Å². The van der Waals surface area contributed by atoms with Crippen molar-refractivity contribution in [3.8, 4) is 0 Å². The van der Waals surface area contributed by atoms with Gasteiger partial charge in [-0.2, -0.15) is 4.73 Å². The largest absolute Gasteiger partial charge is 0.427 e. The Morgan fingerprint density at radius 2 is 2.31 bits per heavy atom. The van der Waals surface area contributed by atoms with Crippen LogP contribution < -0.4 is 0 Å². The van der Waals surface area contributed by atoms with Crippen LogP contribution in [-0.4, -0.2) is 14.9 Å². The van der Waals surface area contributed by atoms with Crippen LogP contribution in [0.25, 0.3) is 11.0 Å². The summed E-state index contributed by atoms with van der Waals surface area (Å²) in [5, 5.41) is 9.51. The number of fused-ring (bicyclic) bond motifs is 1. The predicted molar refractivity (Wildman–Crippen MR) is 46.3 cm³/mol. The number of hydrogen-bond donors (Lipinski definition) is 1. The molecule has 0 aliphatic rings. The molecular weight excluding hydrogens is 171 g/mol. The predicted octanol–water partition coefficient (Wildman–Crippen LogP) is 1.98. The van der Waals surface area contributed by atoms with E-state index in [0.717, 1.165) is 4.73 Å². The van der Waals surface area contributed by atoms with Crippen molar-refractivity contribution in [1.82, 2.24) is 9.71 Å². The zero-order valence-corrected chi connectivity index (χ0v) is 7.16. The van der Waals surface area contributed by atoms with Crippen molar-refractivity contribution >= 4 is 11.0 Å². The van der Waals surface area contributed by atoms with E-state index < -0.39 is 0 Å². The minimum Gasteiger partial charge on any atom is -0.427 e. The summed E-state index contributed by atoms with van der Waals surface area (Å²) in [4.78, 5) is 4.06. The maximum atomic E-state index is 12.8. The second kappa shape index (κ2) is 2.73. The van der Waals surface area contributed by atoms with Crippen molar-refractivity contribution in [3.05, 3.63) is 29.8 Å². The fraction of sp³-hybridized carbons (Fsp3) is 0.222. The van der Waals surface area contributed by atoms with Crippen LogP contribution in [0.15, 0.2) is 18.2 Å². The van der Waals surface area contributed by atoms with Gasteiger partial charge in [0, 0.05) is 12.5 Å². The molecule has 1 aromatic carbocycles. The summed E-state index contributed by atoms with van der Waals surface area (Å²) in [5.74, 6) is 0.203. The summed E-state index contributed by atoms with van der Waals surface area (Å²) in [7, 11) is 0. The van der Waals surface area contributed by atoms with Gasteiger partial charge in [0.2, 0.25) is 0 Å². The highest BCUT2D eigenvalue weighted by Crippen LogP contribution is 2.15. The van der Waals surface area contributed by atoms with Gasteiger partial charge in [-0.1, -0.05) is 6.92 Å². The SMILES string of the molecule is CCc1nc2cc(F)ccc2n1O. The zero-order chi connectivity index (χ0) is 9.42. The van der Waals surface area contributed by atoms with Gasteiger partial charge in [0.1, 0.15) is 17.2 Å². The van der Waals surface area contributed by atoms with Crippen LogP contribution in [0.3, 0.4) is 0 Å². The Morgan fingerprint density at radius 3 is 3.00 bits per heavy atom. The molecule has 0 spiro atoms. The van der Waals surface area contributed by atoms with Crippen molar-refractivity contribution in [2.24, 2.45) is 0 Å². The quantitative estimate of drug-likeness (QED) is 0.681. The molecule has 1 N–H and O–H groups in total. The van der Waals surface area contributed by atoms with E-state index in [-0.39, 0.29) is 5.82 Å². The van der Waals surface area contributed by atoms with Gasteiger partial charge >= 0.3 is 0 Å². The lowest BCUT2D eigenvalue weighted by Crippen LogP contribution is -1.96. The highest BCUT2D eigenvalue weighted by molar-refractivity contribution is 5.75. The van der Waals surface area contributed by atoms with Crippen LogP contribution in [0.5, 0.6) is 0 Å². The summed E-state index contributed by atoms with van der Waals surface area (Å²) in [6.45, 7) is 1.88. The molecule has 2 rings (SSSR count). The number of rotatable bonds is 1. The number of halogens is 1. The van der Waals surface area contributed by atoms with Crippen molar-refractivity contribution in [3.63, 3.8) is 0 Å². The average molecular weight is 180 g/mol. The Bertz CT molecular complexity index is 450. The second-order valence-corrected chi connectivity index (χ2v) is 2.83. The first-order valence-electron chi connectivity index (χ1n) is 4.08. The van der Waals surface area contributed by atoms with Crippen LogP contribution >= 0.6 is 0 Å². The molecule has 3 nitrogen and oxygen atoms in total. The number of imidazole rings is 1. The van der Waals surface area contributed by atoms with Crippen LogP contribution in [0.2, 0.25) is 0 Å². The Morgan fingerprint density at radius 1 is 1.54 bits per heavy atom. The molecule has 0 saturated heterocycles. The standard InChI is InChI=1S/C9H9FN2O/c1-2-9-11-7-5-6(10)3-4-8(7)12(9)13/h3-5,13H,2H2,1H3. The minimum absolute atomic E-state index is 0.340. The summed E-state index contributed by atoms with van der Waals surface area (Å²) in [6.07, 6.45) is 0.618. The van der Waals surface area contributed by atoms with Gasteiger partial charge < -0.3 is 5.21 Å². The van der Waals surface area contributed by atoms with Gasteiger partial charge in [0.15, 0.2) is 0 Å². The monoisotopic (exact) mass is 180 g/mol. The third-order valence-electron chi connectivity index (χ3n) is 1.98. The highest BCUT2D eigenvalue weighted by Gasteiger charge is 2.07. The molecule has 1 heterocycles. The van der Waals surface area contributed by atoms with E-state index in [1.807, 2.05) is 6.92 Å². The zero-order valence-electron chi connectivity index (χ0n) is 7.16. The van der Waals surface area contributed by atoms with Crippen molar-refractivity contribution in [2.75, 3.05) is 0 Å². The summed E-state index contributed by atoms with van der Waals surface area (Å²) >= 11 is 0. The molecule has 4 heteroatoms. The normalized spacial score (nSPS) is 10.9. The molecule has 0 aliphatic heterocycles. The second-order valence-electron chi connectivity index (χ2n) is 2.83. The molecule has 0 bridgehead atoms. The van der Waals surface area contributed by atoms with Gasteiger partial charge in [0.05, 0.1) is 5.52 Å². The van der Waals surface area contributed by atoms with Gasteiger partial charge in [-0.3, -0.25) is 0 Å². The fourth-order valence-corrected chi connectivity index (χ4v) is 1.32. The van der Waals surface area contributed by atoms with Crippen LogP contribution in [-0.2, 0) is 6.42 Å². The maximum absolute atomic E-state index is 12.8. The molecule has 0 radical (unpaired) electrons. The van der Waals surface area contributed by atoms with E-state index >= 15 is 0 Å². The number of benzene rings is 1. The first-order valence-corrected chi connectivity index (χ1v) is 4.08. The summed E-state index contributed by atoms with van der Waals surface area (Å²) in [5.41, 5.74) is 1.03. The number of nitrogens with zero attached hydrogens (tertiary/aromatic N) is 2. The van der Waals surface area contributed by atoms with Crippen molar-refractivity contribution in [2.45, 2.75) is 13.3 Å². The third kappa shape index (κ3) is 1.14. The molecule has 2 aromatic rings. The first kappa shape index (κ1) is 8.04. The molecule has 0 saturated carbocycles. The lowest BCUT2D eigenvalue weighted by molar-refractivity contribution is 0.188. The Kier molecular flexibility index (Phi) is 1.69. The van der Waals surface area contributed by atoms with E-state index in [1.165, 1.54) is 18.2 Å². The molecular formula is C9H9FN2O. The molecule has 13 heavy (non-hydrogen) atoms. The lowest BCUT2D eigenvalue weighted by Gasteiger charge is -1.95. The fourth-order valence-electron chi connectivity index (χ4n) is 1.32. The van der Waals surface area contributed by atoms with E-state index in [0.29, 0.717) is 23.3 Å². The highest BCUT2D eigenvalue weighted by atomic mass is 19.1. The molecule has 0 amide bonds. The Balaban J connectivity index is 2.76. The van der Waals surface area contributed by atoms with Gasteiger partial charge in [-0.05, 0) is 12.1 Å². The van der Waals surface area contributed by atoms with Crippen LogP contribution in [0.1, 0.15) is 12.7 Å². The topological polar surface area (TPSA) is 38.0 Å². The maximum Gasteiger partial charge on any atom is 0.145 e. The smallest absolute Gasteiger partial charge is 0.145 e. The third-order valence-corrected chi connectivity index (χ3v) is 1.98. The van der Waals surface area contributed by atoms with E-state index in [9.17, 15) is 9.60 Å². The van der Waals surface area contributed by atoms with Crippen molar-refractivity contribution < 1.29 is 9.60 Å². The molecule has 68 valence electrons. The Hall–Kier alpha value is -1.58. The number of aromatic nitrogens is 2. The molecule has 1 aromatic heterocycles. The van der Waals surface area contributed by atoms with Gasteiger partial charge in [-0.15, -0.1) is 0 Å². The van der Waals surface area contributed by atoms with Gasteiger partial charge in [-0.25, -0.2) is 9.37 Å². The van der Waals surface area contributed by atoms with Crippen LogP contribution in [0.4, 0.5) is 4.39 Å². The summed E-state index contributed by atoms with van der Waals surface area (Å²) in [6, 6.07) is 4.12. The van der Waals surface area contributed by atoms with E-state index in [2.05, 4.69) is 4.98 Å². The average Bonchev–Trinajstić information content (AvgIpc) is 2.42. The number of hydrogen-bond acceptors (Lipinski definition) is 2. The van der Waals surface area contributed by atoms with Crippen molar-refractivity contribution in [1.29, 1.82) is 0 Å². The number of aryl methyl sites for hydroxylation is 1. The molecule has 0 atom stereocenters. The van der Waals surface area contributed by atoms with E-state index in [1.54, 1.807) is 0 Å².